The molecule has 6 nitrogen and oxygen atoms in total. The highest BCUT2D eigenvalue weighted by Gasteiger charge is 2.46. The molecule has 35 heavy (non-hydrogen) atoms. The van der Waals surface area contributed by atoms with Gasteiger partial charge in [-0.15, -0.1) is 0 Å². The van der Waals surface area contributed by atoms with E-state index in [0.717, 1.165) is 17.2 Å². The van der Waals surface area contributed by atoms with E-state index in [1.807, 2.05) is 26.0 Å². The molecule has 1 N–H and O–H groups in total. The molecule has 0 saturated carbocycles. The van der Waals surface area contributed by atoms with Gasteiger partial charge in [0.25, 0.3) is 5.91 Å². The third-order valence-corrected chi connectivity index (χ3v) is 6.12. The topological polar surface area (TPSA) is 89.5 Å². The third kappa shape index (κ3) is 4.49. The maximum Gasteiger partial charge on any atom is 0.339 e. The first-order valence-corrected chi connectivity index (χ1v) is 11.2. The first kappa shape index (κ1) is 24.0. The fraction of sp³-hybridized carbons (Fsp3) is 0.214. The van der Waals surface area contributed by atoms with Crippen molar-refractivity contribution in [3.8, 4) is 0 Å². The van der Waals surface area contributed by atoms with Gasteiger partial charge in [-0.2, -0.15) is 0 Å². The molecule has 178 valence electrons. The Morgan fingerprint density at radius 1 is 0.943 bits per heavy atom. The lowest BCUT2D eigenvalue weighted by Gasteiger charge is -2.22. The zero-order valence-corrected chi connectivity index (χ0v) is 19.5. The van der Waals surface area contributed by atoms with Gasteiger partial charge in [0.05, 0.1) is 11.1 Å². The summed E-state index contributed by atoms with van der Waals surface area (Å²) < 4.78 is 19.9. The molecule has 2 atom stereocenters. The molecule has 0 aliphatic carbocycles. The highest BCUT2D eigenvalue weighted by atomic mass is 19.1. The number of amides is 1. The number of rotatable bonds is 7. The highest BCUT2D eigenvalue weighted by molar-refractivity contribution is 6.45. The summed E-state index contributed by atoms with van der Waals surface area (Å²) >= 11 is 0. The van der Waals surface area contributed by atoms with Crippen LogP contribution in [0, 0.1) is 18.7 Å². The van der Waals surface area contributed by atoms with E-state index in [0.29, 0.717) is 11.3 Å². The van der Waals surface area contributed by atoms with E-state index in [2.05, 4.69) is 5.32 Å². The number of nitrogens with one attached hydrogen (secondary N) is 1. The molecular weight excluding hydrogens is 449 g/mol. The van der Waals surface area contributed by atoms with Gasteiger partial charge in [0, 0.05) is 11.3 Å². The summed E-state index contributed by atoms with van der Waals surface area (Å²) in [5, 5.41) is 2.65. The first-order valence-electron chi connectivity index (χ1n) is 11.2. The maximum atomic E-state index is 14.5. The Morgan fingerprint density at radius 2 is 1.63 bits per heavy atom. The van der Waals surface area contributed by atoms with E-state index in [-0.39, 0.29) is 17.0 Å². The van der Waals surface area contributed by atoms with Gasteiger partial charge in [0.15, 0.2) is 5.78 Å². The number of esters is 1. The minimum absolute atomic E-state index is 0.0545. The molecule has 1 aliphatic heterocycles. The normalized spacial score (nSPS) is 15.3. The Bertz CT molecular complexity index is 1350. The lowest BCUT2D eigenvalue weighted by molar-refractivity contribution is -0.138. The van der Waals surface area contributed by atoms with Crippen molar-refractivity contribution in [3.63, 3.8) is 0 Å². The summed E-state index contributed by atoms with van der Waals surface area (Å²) in [6.45, 7) is 5.69. The predicted molar refractivity (Wildman–Crippen MR) is 128 cm³/mol. The van der Waals surface area contributed by atoms with Gasteiger partial charge < -0.3 is 10.1 Å². The molecule has 0 radical (unpaired) electrons. The number of anilines is 1. The molecule has 1 heterocycles. The molecule has 0 bridgehead atoms. The van der Waals surface area contributed by atoms with E-state index in [4.69, 9.17) is 4.74 Å². The van der Waals surface area contributed by atoms with Crippen LogP contribution < -0.4 is 5.32 Å². The number of ether oxygens (including phenoxy) is 1. The lowest BCUT2D eigenvalue weighted by Crippen LogP contribution is -2.38. The van der Waals surface area contributed by atoms with Crippen molar-refractivity contribution in [2.75, 3.05) is 5.32 Å². The van der Waals surface area contributed by atoms with Gasteiger partial charge in [-0.1, -0.05) is 62.4 Å². The monoisotopic (exact) mass is 473 g/mol. The van der Waals surface area contributed by atoms with Crippen molar-refractivity contribution in [3.05, 3.63) is 100 Å². The number of Topliss-reactive ketones (excluding diaryl/α,β-unsaturated/α-hetero) is 2. The number of cyclic esters (lactones) is 1. The number of hydrogen-bond acceptors (Lipinski definition) is 5. The molecule has 1 amide bonds. The molecule has 3 aromatic carbocycles. The van der Waals surface area contributed by atoms with Gasteiger partial charge in [-0.25, -0.2) is 9.18 Å². The number of para-hydroxylation sites is 1. The van der Waals surface area contributed by atoms with Gasteiger partial charge in [0.1, 0.15) is 17.8 Å². The highest BCUT2D eigenvalue weighted by Crippen LogP contribution is 2.38. The molecule has 7 heteroatoms. The number of fused-ring (bicyclic) bond motifs is 1. The van der Waals surface area contributed by atoms with Crippen LogP contribution in [0.4, 0.5) is 10.1 Å². The van der Waals surface area contributed by atoms with E-state index in [9.17, 15) is 23.6 Å². The number of aryl methyl sites for hydroxylation is 1. The van der Waals surface area contributed by atoms with Crippen LogP contribution in [0.2, 0.25) is 0 Å². The average Bonchev–Trinajstić information content (AvgIpc) is 3.16. The second-order valence-corrected chi connectivity index (χ2v) is 8.75. The lowest BCUT2D eigenvalue weighted by atomic mass is 9.84. The number of benzene rings is 3. The fourth-order valence-corrected chi connectivity index (χ4v) is 4.30. The zero-order valence-electron chi connectivity index (χ0n) is 19.5. The van der Waals surface area contributed by atoms with Gasteiger partial charge in [-0.05, 0) is 42.2 Å². The minimum atomic E-state index is -1.76. The second-order valence-electron chi connectivity index (χ2n) is 8.75. The Balaban J connectivity index is 1.76. The fourth-order valence-electron chi connectivity index (χ4n) is 4.30. The molecule has 3 aromatic rings. The number of carbonyl (C=O) groups excluding carboxylic acids is 4. The van der Waals surface area contributed by atoms with Gasteiger partial charge in [-0.3, -0.25) is 14.4 Å². The molecule has 0 unspecified atom stereocenters. The second kappa shape index (κ2) is 9.62. The van der Waals surface area contributed by atoms with Crippen LogP contribution in [0.15, 0.2) is 66.7 Å². The Labute approximate surface area is 202 Å². The molecular formula is C28H24FNO5. The van der Waals surface area contributed by atoms with Crippen LogP contribution in [-0.4, -0.2) is 23.4 Å². The number of halogens is 1. The van der Waals surface area contributed by atoms with Crippen molar-refractivity contribution >= 4 is 29.1 Å². The van der Waals surface area contributed by atoms with Gasteiger partial charge >= 0.3 is 5.97 Å². The summed E-state index contributed by atoms with van der Waals surface area (Å²) in [5.74, 6) is -6.36. The van der Waals surface area contributed by atoms with Crippen LogP contribution in [0.5, 0.6) is 0 Å². The zero-order chi connectivity index (χ0) is 25.3. The number of ketones is 2. The van der Waals surface area contributed by atoms with Crippen molar-refractivity contribution in [1.29, 1.82) is 0 Å². The summed E-state index contributed by atoms with van der Waals surface area (Å²) in [4.78, 5) is 52.6. The van der Waals surface area contributed by atoms with Crippen molar-refractivity contribution in [1.82, 2.24) is 0 Å². The van der Waals surface area contributed by atoms with E-state index < -0.39 is 41.3 Å². The summed E-state index contributed by atoms with van der Waals surface area (Å²) in [6, 6.07) is 17.0. The third-order valence-electron chi connectivity index (χ3n) is 6.12. The van der Waals surface area contributed by atoms with Crippen molar-refractivity contribution < 1.29 is 28.3 Å². The van der Waals surface area contributed by atoms with Crippen LogP contribution in [0.3, 0.4) is 0 Å². The van der Waals surface area contributed by atoms with Crippen molar-refractivity contribution in [2.24, 2.45) is 5.92 Å². The van der Waals surface area contributed by atoms with Crippen LogP contribution >= 0.6 is 0 Å². The standard InChI is InChI=1S/C28H24FNO5/c1-15(2)17-13-8-9-16(3)23(17)30-27(33)25(32)22(24(31)20-12-6-7-14-21(20)29)26-18-10-4-5-11-19(18)28(34)35-26/h4-15,22,26H,1-3H3,(H,30,33)/t22-,26-/m0/s1. The maximum absolute atomic E-state index is 14.5. The van der Waals surface area contributed by atoms with Gasteiger partial charge in [0.2, 0.25) is 5.78 Å². The first-order chi connectivity index (χ1) is 16.7. The summed E-state index contributed by atoms with van der Waals surface area (Å²) in [6.07, 6.45) is -1.36. The molecule has 0 spiro atoms. The van der Waals surface area contributed by atoms with Crippen LogP contribution in [0.1, 0.15) is 63.3 Å². The van der Waals surface area contributed by atoms with Crippen LogP contribution in [0.25, 0.3) is 0 Å². The SMILES string of the molecule is Cc1cccc(C(C)C)c1NC(=O)C(=O)[C@H](C(=O)c1ccccc1F)[C@H]1OC(=O)c2ccccc21. The average molecular weight is 474 g/mol. The molecule has 0 aromatic heterocycles. The predicted octanol–water partition coefficient (Wildman–Crippen LogP) is 5.18. The smallest absolute Gasteiger partial charge is 0.339 e. The molecule has 0 saturated heterocycles. The molecule has 0 fully saturated rings. The molecule has 4 rings (SSSR count). The van der Waals surface area contributed by atoms with E-state index in [1.165, 1.54) is 24.3 Å². The quantitative estimate of drug-likeness (QED) is 0.221. The Morgan fingerprint density at radius 3 is 2.34 bits per heavy atom. The molecule has 1 aliphatic rings. The minimum Gasteiger partial charge on any atom is -0.453 e. The summed E-state index contributed by atoms with van der Waals surface area (Å²) in [5.41, 5.74) is 2.16. The summed E-state index contributed by atoms with van der Waals surface area (Å²) in [7, 11) is 0. The van der Waals surface area contributed by atoms with Crippen molar-refractivity contribution in [2.45, 2.75) is 32.8 Å². The van der Waals surface area contributed by atoms with Crippen LogP contribution in [-0.2, 0) is 14.3 Å². The number of hydrogen-bond donors (Lipinski definition) is 1. The largest absolute Gasteiger partial charge is 0.453 e. The Hall–Kier alpha value is -4.13. The van der Waals surface area contributed by atoms with E-state index in [1.54, 1.807) is 31.2 Å². The van der Waals surface area contributed by atoms with E-state index >= 15 is 0 Å². The Kier molecular flexibility index (Phi) is 6.60. The number of carbonyl (C=O) groups is 4.